The van der Waals surface area contributed by atoms with Crippen LogP contribution in [0.2, 0.25) is 0 Å². The number of amides is 1. The van der Waals surface area contributed by atoms with E-state index in [2.05, 4.69) is 20.9 Å². The van der Waals surface area contributed by atoms with Crippen LogP contribution in [0.3, 0.4) is 0 Å². The Morgan fingerprint density at radius 2 is 1.69 bits per heavy atom. The number of aromatic nitrogens is 3. The van der Waals surface area contributed by atoms with E-state index in [1.165, 1.54) is 38.5 Å². The van der Waals surface area contributed by atoms with Gasteiger partial charge in [0.05, 0.1) is 11.7 Å². The number of nitrogens with zero attached hydrogens (tertiary/aromatic N) is 3. The number of rotatable bonds is 3. The average Bonchev–Trinajstić information content (AvgIpc) is 2.95. The zero-order valence-corrected chi connectivity index (χ0v) is 16.4. The lowest BCUT2D eigenvalue weighted by atomic mass is 9.53. The second-order valence-corrected chi connectivity index (χ2v) is 9.10. The van der Waals surface area contributed by atoms with Crippen molar-refractivity contribution in [3.63, 3.8) is 0 Å². The Kier molecular flexibility index (Phi) is 4.76. The van der Waals surface area contributed by atoms with Gasteiger partial charge in [-0.15, -0.1) is 17.5 Å². The Hall–Kier alpha value is -1.14. The topological polar surface area (TPSA) is 71.8 Å². The second kappa shape index (κ2) is 6.79. The first-order chi connectivity index (χ1) is 12.1. The number of hydrogen-bond donors (Lipinski definition) is 2. The molecular formula is C19H30ClN5O. The van der Waals surface area contributed by atoms with E-state index in [0.717, 1.165) is 49.4 Å². The summed E-state index contributed by atoms with van der Waals surface area (Å²) in [7, 11) is 0. The molecule has 4 aliphatic carbocycles. The quantitative estimate of drug-likeness (QED) is 0.846. The minimum atomic E-state index is -0.000338. The lowest BCUT2D eigenvalue weighted by Crippen LogP contribution is -2.59. The summed E-state index contributed by atoms with van der Waals surface area (Å²) in [5.74, 6) is 2.49. The normalized spacial score (nSPS) is 36.0. The molecule has 0 spiro atoms. The molecule has 2 N–H and O–H groups in total. The lowest BCUT2D eigenvalue weighted by molar-refractivity contribution is -0.0168. The van der Waals surface area contributed by atoms with Crippen LogP contribution >= 0.6 is 12.4 Å². The van der Waals surface area contributed by atoms with Crippen molar-refractivity contribution < 1.29 is 4.79 Å². The summed E-state index contributed by atoms with van der Waals surface area (Å²) in [5, 5.41) is 15.4. The molecular weight excluding hydrogens is 350 g/mol. The van der Waals surface area contributed by atoms with Crippen LogP contribution in [-0.2, 0) is 0 Å². The molecule has 144 valence electrons. The van der Waals surface area contributed by atoms with Crippen LogP contribution in [0, 0.1) is 24.7 Å². The first kappa shape index (κ1) is 18.2. The fraction of sp³-hybridized carbons (Fsp3) is 0.842. The van der Waals surface area contributed by atoms with E-state index in [9.17, 15) is 4.79 Å². The molecule has 1 amide bonds. The van der Waals surface area contributed by atoms with Gasteiger partial charge in [0.1, 0.15) is 0 Å². The highest BCUT2D eigenvalue weighted by Crippen LogP contribution is 2.55. The van der Waals surface area contributed by atoms with Crippen LogP contribution in [0.5, 0.6) is 0 Å². The fourth-order valence-corrected chi connectivity index (χ4v) is 6.51. The van der Waals surface area contributed by atoms with Crippen molar-refractivity contribution >= 4 is 18.3 Å². The number of halogens is 1. The summed E-state index contributed by atoms with van der Waals surface area (Å²) in [4.78, 5) is 13.0. The molecule has 6 nitrogen and oxygen atoms in total. The third-order valence-electron chi connectivity index (χ3n) is 7.21. The molecule has 1 aromatic rings. The van der Waals surface area contributed by atoms with E-state index in [1.54, 1.807) is 0 Å². The molecule has 7 heteroatoms. The molecule has 0 unspecified atom stereocenters. The van der Waals surface area contributed by atoms with Crippen molar-refractivity contribution in [3.8, 4) is 0 Å². The summed E-state index contributed by atoms with van der Waals surface area (Å²) in [5.41, 5.74) is 1.50. The van der Waals surface area contributed by atoms with Gasteiger partial charge in [-0.1, -0.05) is 5.21 Å². The third-order valence-corrected chi connectivity index (χ3v) is 7.21. The van der Waals surface area contributed by atoms with Gasteiger partial charge in [0.25, 0.3) is 5.91 Å². The number of carbonyl (C=O) groups is 1. The second-order valence-electron chi connectivity index (χ2n) is 9.10. The van der Waals surface area contributed by atoms with Gasteiger partial charge in [-0.3, -0.25) is 4.79 Å². The van der Waals surface area contributed by atoms with Crippen LogP contribution in [0.1, 0.15) is 73.6 Å². The van der Waals surface area contributed by atoms with Crippen LogP contribution in [0.4, 0.5) is 0 Å². The van der Waals surface area contributed by atoms with E-state index >= 15 is 0 Å². The molecule has 4 bridgehead atoms. The van der Waals surface area contributed by atoms with E-state index in [-0.39, 0.29) is 23.9 Å². The molecule has 0 radical (unpaired) electrons. The molecule has 5 aliphatic rings. The maximum absolute atomic E-state index is 13.0. The number of hydrogen-bond acceptors (Lipinski definition) is 4. The van der Waals surface area contributed by atoms with Gasteiger partial charge in [0.15, 0.2) is 5.69 Å². The first-order valence-corrected chi connectivity index (χ1v) is 10.1. The van der Waals surface area contributed by atoms with E-state index in [4.69, 9.17) is 0 Å². The van der Waals surface area contributed by atoms with E-state index in [0.29, 0.717) is 11.7 Å². The minimum Gasteiger partial charge on any atom is -0.345 e. The van der Waals surface area contributed by atoms with Crippen LogP contribution in [-0.4, -0.2) is 39.5 Å². The molecule has 4 saturated carbocycles. The molecule has 0 atom stereocenters. The monoisotopic (exact) mass is 379 g/mol. The maximum atomic E-state index is 13.0. The van der Waals surface area contributed by atoms with Crippen molar-refractivity contribution in [2.24, 2.45) is 17.8 Å². The van der Waals surface area contributed by atoms with Gasteiger partial charge in [-0.2, -0.15) is 0 Å². The van der Waals surface area contributed by atoms with Gasteiger partial charge in [-0.05, 0) is 89.1 Å². The maximum Gasteiger partial charge on any atom is 0.274 e. The van der Waals surface area contributed by atoms with Crippen molar-refractivity contribution in [2.75, 3.05) is 13.1 Å². The van der Waals surface area contributed by atoms with Gasteiger partial charge >= 0.3 is 0 Å². The first-order valence-electron chi connectivity index (χ1n) is 10.1. The molecule has 2 heterocycles. The Morgan fingerprint density at radius 3 is 2.27 bits per heavy atom. The Morgan fingerprint density at radius 1 is 1.12 bits per heavy atom. The van der Waals surface area contributed by atoms with Gasteiger partial charge in [0, 0.05) is 5.54 Å². The van der Waals surface area contributed by atoms with Crippen molar-refractivity contribution in [1.82, 2.24) is 25.6 Å². The summed E-state index contributed by atoms with van der Waals surface area (Å²) >= 11 is 0. The standard InChI is InChI=1S/C19H29N5O.ClH/c1-12-17(22-23-24(12)16-2-4-20-5-3-16)18(25)21-19-9-13-6-14(10-19)8-15(7-13)11-19;/h13-16,20H,2-11H2,1H3,(H,21,25);1H. The highest BCUT2D eigenvalue weighted by Gasteiger charge is 2.51. The Balaban J connectivity index is 0.00000168. The Bertz CT molecular complexity index is 646. The number of piperidine rings is 1. The molecule has 1 aliphatic heterocycles. The molecule has 1 saturated heterocycles. The minimum absolute atomic E-state index is 0. The predicted octanol–water partition coefficient (Wildman–Crippen LogP) is 2.63. The molecule has 5 fully saturated rings. The molecule has 1 aromatic heterocycles. The van der Waals surface area contributed by atoms with Crippen LogP contribution in [0.25, 0.3) is 0 Å². The van der Waals surface area contributed by atoms with Crippen LogP contribution in [0.15, 0.2) is 0 Å². The largest absolute Gasteiger partial charge is 0.345 e. The zero-order chi connectivity index (χ0) is 17.0. The highest BCUT2D eigenvalue weighted by molar-refractivity contribution is 5.93. The summed E-state index contributed by atoms with van der Waals surface area (Å²) in [6.45, 7) is 4.02. The highest BCUT2D eigenvalue weighted by atomic mass is 35.5. The SMILES string of the molecule is Cc1c(C(=O)NC23CC4CC(CC(C4)C2)C3)nnn1C1CCNCC1.Cl. The summed E-state index contributed by atoms with van der Waals surface area (Å²) in [6.07, 6.45) is 9.80. The number of carbonyl (C=O) groups excluding carboxylic acids is 1. The smallest absolute Gasteiger partial charge is 0.274 e. The van der Waals surface area contributed by atoms with Crippen LogP contribution < -0.4 is 10.6 Å². The fourth-order valence-electron chi connectivity index (χ4n) is 6.51. The lowest BCUT2D eigenvalue weighted by Gasteiger charge is -2.56. The van der Waals surface area contributed by atoms with E-state index < -0.39 is 0 Å². The predicted molar refractivity (Wildman–Crippen MR) is 102 cm³/mol. The van der Waals surface area contributed by atoms with Crippen molar-refractivity contribution in [3.05, 3.63) is 11.4 Å². The van der Waals surface area contributed by atoms with Gasteiger partial charge < -0.3 is 10.6 Å². The summed E-state index contributed by atoms with van der Waals surface area (Å²) < 4.78 is 1.98. The molecule has 0 aromatic carbocycles. The number of nitrogens with one attached hydrogen (secondary N) is 2. The molecule has 6 rings (SSSR count). The zero-order valence-electron chi connectivity index (χ0n) is 15.5. The third kappa shape index (κ3) is 3.05. The summed E-state index contributed by atoms with van der Waals surface area (Å²) in [6, 6.07) is 0.370. The van der Waals surface area contributed by atoms with E-state index in [1.807, 2.05) is 11.6 Å². The van der Waals surface area contributed by atoms with Crippen molar-refractivity contribution in [2.45, 2.75) is 69.9 Å². The van der Waals surface area contributed by atoms with Gasteiger partial charge in [-0.25, -0.2) is 4.68 Å². The van der Waals surface area contributed by atoms with Crippen molar-refractivity contribution in [1.29, 1.82) is 0 Å². The van der Waals surface area contributed by atoms with Gasteiger partial charge in [0.2, 0.25) is 0 Å². The average molecular weight is 380 g/mol. The molecule has 26 heavy (non-hydrogen) atoms. The Labute approximate surface area is 161 Å².